The molecule has 0 spiro atoms. The molecule has 1 heterocycles. The zero-order valence-electron chi connectivity index (χ0n) is 18.0. The van der Waals surface area contributed by atoms with Crippen molar-refractivity contribution in [2.45, 2.75) is 103 Å². The summed E-state index contributed by atoms with van der Waals surface area (Å²) in [4.78, 5) is 12.2. The lowest BCUT2D eigenvalue weighted by molar-refractivity contribution is -0.118. The molecule has 0 fully saturated rings. The van der Waals surface area contributed by atoms with Gasteiger partial charge in [-0.3, -0.25) is 4.79 Å². The molecule has 1 aromatic rings. The molecule has 0 saturated heterocycles. The number of fused-ring (bicyclic) bond motifs is 1. The van der Waals surface area contributed by atoms with Crippen LogP contribution in [0.2, 0.25) is 0 Å². The molecule has 158 valence electrons. The van der Waals surface area contributed by atoms with Crippen LogP contribution < -0.4 is 9.47 Å². The van der Waals surface area contributed by atoms with Gasteiger partial charge >= 0.3 is 0 Å². The fourth-order valence-electron chi connectivity index (χ4n) is 3.85. The van der Waals surface area contributed by atoms with E-state index in [9.17, 15) is 4.79 Å². The van der Waals surface area contributed by atoms with Gasteiger partial charge < -0.3 is 9.47 Å². The van der Waals surface area contributed by atoms with E-state index < -0.39 is 0 Å². The molecule has 0 radical (unpaired) electrons. The summed E-state index contributed by atoms with van der Waals surface area (Å²) in [5, 5.41) is 0. The molecule has 3 nitrogen and oxygen atoms in total. The van der Waals surface area contributed by atoms with Crippen LogP contribution in [0.1, 0.15) is 102 Å². The topological polar surface area (TPSA) is 35.5 Å². The van der Waals surface area contributed by atoms with Gasteiger partial charge in [-0.2, -0.15) is 0 Å². The average Bonchev–Trinajstić information content (AvgIpc) is 2.71. The molecule has 1 aliphatic heterocycles. The Kier molecular flexibility index (Phi) is 11.8. The summed E-state index contributed by atoms with van der Waals surface area (Å²) in [6, 6.07) is 5.85. The van der Waals surface area contributed by atoms with Crippen LogP contribution in [0.5, 0.6) is 11.5 Å². The maximum Gasteiger partial charge on any atom is 0.161 e. The van der Waals surface area contributed by atoms with Crippen molar-refractivity contribution in [2.24, 2.45) is 0 Å². The van der Waals surface area contributed by atoms with Crippen molar-refractivity contribution in [3.05, 3.63) is 23.8 Å². The van der Waals surface area contributed by atoms with Crippen molar-refractivity contribution in [1.82, 2.24) is 0 Å². The average molecular weight is 389 g/mol. The second-order valence-electron chi connectivity index (χ2n) is 8.19. The van der Waals surface area contributed by atoms with Gasteiger partial charge in [-0.1, -0.05) is 90.0 Å². The number of hydrogen-bond acceptors (Lipinski definition) is 3. The monoisotopic (exact) mass is 388 g/mol. The van der Waals surface area contributed by atoms with Crippen LogP contribution in [0, 0.1) is 0 Å². The largest absolute Gasteiger partial charge is 0.486 e. The van der Waals surface area contributed by atoms with Crippen LogP contribution in [0.3, 0.4) is 0 Å². The fourth-order valence-corrected chi connectivity index (χ4v) is 3.85. The Morgan fingerprint density at radius 1 is 0.750 bits per heavy atom. The quantitative estimate of drug-likeness (QED) is 0.285. The Morgan fingerprint density at radius 2 is 1.29 bits per heavy atom. The minimum Gasteiger partial charge on any atom is -0.486 e. The summed E-state index contributed by atoms with van der Waals surface area (Å²) in [7, 11) is 0. The number of ketones is 1. The molecule has 0 amide bonds. The Labute approximate surface area is 172 Å². The SMILES string of the molecule is CCCCCCCCCCCCCCCC(=O)Cc1ccc2c(c1)OCCO2. The first kappa shape index (κ1) is 22.8. The van der Waals surface area contributed by atoms with Gasteiger partial charge in [0.05, 0.1) is 0 Å². The summed E-state index contributed by atoms with van der Waals surface area (Å²) in [6.45, 7) is 3.46. The number of unbranched alkanes of at least 4 members (excludes halogenated alkanes) is 12. The van der Waals surface area contributed by atoms with E-state index >= 15 is 0 Å². The van der Waals surface area contributed by atoms with Gasteiger partial charge in [0.25, 0.3) is 0 Å². The first-order valence-corrected chi connectivity index (χ1v) is 11.7. The van der Waals surface area contributed by atoms with E-state index in [1.165, 1.54) is 77.0 Å². The summed E-state index contributed by atoms with van der Waals surface area (Å²) < 4.78 is 11.1. The number of Topliss-reactive ketones (excluding diaryl/α,β-unsaturated/α-hetero) is 1. The van der Waals surface area contributed by atoms with Crippen LogP contribution in [-0.2, 0) is 11.2 Å². The smallest absolute Gasteiger partial charge is 0.161 e. The Bertz CT molecular complexity index is 553. The Morgan fingerprint density at radius 3 is 1.89 bits per heavy atom. The lowest BCUT2D eigenvalue weighted by Crippen LogP contribution is -2.15. The molecule has 0 saturated carbocycles. The second kappa shape index (κ2) is 14.5. The molecule has 1 aromatic carbocycles. The van der Waals surface area contributed by atoms with Crippen molar-refractivity contribution < 1.29 is 14.3 Å². The van der Waals surface area contributed by atoms with Crippen LogP contribution in [-0.4, -0.2) is 19.0 Å². The second-order valence-corrected chi connectivity index (χ2v) is 8.19. The number of carbonyl (C=O) groups excluding carboxylic acids is 1. The summed E-state index contributed by atoms with van der Waals surface area (Å²) in [5.41, 5.74) is 1.03. The van der Waals surface area contributed by atoms with Gasteiger partial charge in [0.15, 0.2) is 11.5 Å². The standard InChI is InChI=1S/C25H40O3/c1-2-3-4-5-6-7-8-9-10-11-12-13-14-15-23(26)20-22-16-17-24-25(21-22)28-19-18-27-24/h16-17,21H,2-15,18-20H2,1H3. The highest BCUT2D eigenvalue weighted by atomic mass is 16.6. The van der Waals surface area contributed by atoms with Gasteiger partial charge in [-0.05, 0) is 24.1 Å². The van der Waals surface area contributed by atoms with Crippen LogP contribution in [0.15, 0.2) is 18.2 Å². The highest BCUT2D eigenvalue weighted by Gasteiger charge is 2.13. The molecule has 0 aromatic heterocycles. The third-order valence-corrected chi connectivity index (χ3v) is 5.57. The summed E-state index contributed by atoms with van der Waals surface area (Å²) >= 11 is 0. The van der Waals surface area contributed by atoms with Gasteiger partial charge in [0, 0.05) is 12.8 Å². The van der Waals surface area contributed by atoms with Gasteiger partial charge in [-0.25, -0.2) is 0 Å². The van der Waals surface area contributed by atoms with Gasteiger partial charge in [0.1, 0.15) is 19.0 Å². The number of carbonyl (C=O) groups is 1. The zero-order valence-corrected chi connectivity index (χ0v) is 18.0. The van der Waals surface area contributed by atoms with Crippen molar-refractivity contribution in [2.75, 3.05) is 13.2 Å². The highest BCUT2D eigenvalue weighted by Crippen LogP contribution is 2.31. The van der Waals surface area contributed by atoms with E-state index in [0.717, 1.165) is 23.5 Å². The van der Waals surface area contributed by atoms with E-state index in [2.05, 4.69) is 6.92 Å². The fraction of sp³-hybridized carbons (Fsp3) is 0.720. The molecule has 0 atom stereocenters. The van der Waals surface area contributed by atoms with E-state index in [1.807, 2.05) is 18.2 Å². The van der Waals surface area contributed by atoms with E-state index in [-0.39, 0.29) is 0 Å². The Hall–Kier alpha value is -1.51. The molecular weight excluding hydrogens is 348 g/mol. The van der Waals surface area contributed by atoms with Crippen LogP contribution >= 0.6 is 0 Å². The predicted octanol–water partition coefficient (Wildman–Crippen LogP) is 7.05. The molecule has 0 aliphatic carbocycles. The third-order valence-electron chi connectivity index (χ3n) is 5.57. The molecule has 3 heteroatoms. The van der Waals surface area contributed by atoms with Crippen molar-refractivity contribution in [3.8, 4) is 11.5 Å². The minimum absolute atomic E-state index is 0.333. The van der Waals surface area contributed by atoms with Gasteiger partial charge in [0.2, 0.25) is 0 Å². The highest BCUT2D eigenvalue weighted by molar-refractivity contribution is 5.81. The third kappa shape index (κ3) is 9.61. The van der Waals surface area contributed by atoms with Crippen LogP contribution in [0.25, 0.3) is 0 Å². The summed E-state index contributed by atoms with van der Waals surface area (Å²) in [5.74, 6) is 1.90. The van der Waals surface area contributed by atoms with E-state index in [1.54, 1.807) is 0 Å². The molecular formula is C25H40O3. The molecule has 0 N–H and O–H groups in total. The van der Waals surface area contributed by atoms with Crippen molar-refractivity contribution in [3.63, 3.8) is 0 Å². The first-order valence-electron chi connectivity index (χ1n) is 11.7. The summed E-state index contributed by atoms with van der Waals surface area (Å²) in [6.07, 6.45) is 18.6. The molecule has 28 heavy (non-hydrogen) atoms. The normalized spacial score (nSPS) is 12.9. The van der Waals surface area contributed by atoms with Crippen molar-refractivity contribution in [1.29, 1.82) is 0 Å². The predicted molar refractivity (Wildman–Crippen MR) is 116 cm³/mol. The molecule has 0 unspecified atom stereocenters. The Balaban J connectivity index is 1.42. The molecule has 2 rings (SSSR count). The maximum atomic E-state index is 12.2. The van der Waals surface area contributed by atoms with E-state index in [0.29, 0.717) is 31.8 Å². The maximum absolute atomic E-state index is 12.2. The lowest BCUT2D eigenvalue weighted by atomic mass is 10.0. The van der Waals surface area contributed by atoms with Crippen LogP contribution in [0.4, 0.5) is 0 Å². The molecule has 0 bridgehead atoms. The first-order chi connectivity index (χ1) is 13.8. The minimum atomic E-state index is 0.333. The molecule has 1 aliphatic rings. The number of ether oxygens (including phenoxy) is 2. The van der Waals surface area contributed by atoms with Gasteiger partial charge in [-0.15, -0.1) is 0 Å². The lowest BCUT2D eigenvalue weighted by Gasteiger charge is -2.18. The zero-order chi connectivity index (χ0) is 19.9. The van der Waals surface area contributed by atoms with Crippen molar-refractivity contribution >= 4 is 5.78 Å². The number of rotatable bonds is 16. The number of benzene rings is 1. The number of hydrogen-bond donors (Lipinski definition) is 0. The van der Waals surface area contributed by atoms with E-state index in [4.69, 9.17) is 9.47 Å².